The zero-order chi connectivity index (χ0) is 27.1. The van der Waals surface area contributed by atoms with Gasteiger partial charge < -0.3 is 10.2 Å². The Balaban J connectivity index is 0. The van der Waals surface area contributed by atoms with Crippen LogP contribution < -0.4 is 10.2 Å². The second-order valence-electron chi connectivity index (χ2n) is 7.13. The lowest BCUT2D eigenvalue weighted by Crippen LogP contribution is -2.41. The van der Waals surface area contributed by atoms with Crippen molar-refractivity contribution in [1.29, 1.82) is 0 Å². The maximum atomic E-state index is 12.7. The summed E-state index contributed by atoms with van der Waals surface area (Å²) in [5.74, 6) is 0.743. The molecule has 1 amide bonds. The number of anilines is 1. The van der Waals surface area contributed by atoms with Gasteiger partial charge in [0, 0.05) is 38.6 Å². The summed E-state index contributed by atoms with van der Waals surface area (Å²) in [6.45, 7) is 23.9. The molecule has 0 aromatic carbocycles. The first kappa shape index (κ1) is 34.2. The molecular formula is C29H49N5O. The molecule has 0 bridgehead atoms. The number of aliphatic imine (C=N–C) groups is 1. The monoisotopic (exact) mass is 483 g/mol. The van der Waals surface area contributed by atoms with Crippen molar-refractivity contribution < 1.29 is 4.79 Å². The highest BCUT2D eigenvalue weighted by Crippen LogP contribution is 2.19. The summed E-state index contributed by atoms with van der Waals surface area (Å²) in [7, 11) is 1.73. The Morgan fingerprint density at radius 2 is 1.94 bits per heavy atom. The number of hydrogen-bond acceptors (Lipinski definition) is 4. The summed E-state index contributed by atoms with van der Waals surface area (Å²) in [4.78, 5) is 24.8. The number of hydrogen-bond donors (Lipinski definition) is 1. The minimum Gasteiger partial charge on any atom is -0.331 e. The summed E-state index contributed by atoms with van der Waals surface area (Å²) in [6.07, 6.45) is 13.2. The van der Waals surface area contributed by atoms with Crippen molar-refractivity contribution in [3.8, 4) is 0 Å². The van der Waals surface area contributed by atoms with Gasteiger partial charge in [0.1, 0.15) is 5.82 Å². The fourth-order valence-electron chi connectivity index (χ4n) is 2.95. The third-order valence-corrected chi connectivity index (χ3v) is 4.51. The van der Waals surface area contributed by atoms with Gasteiger partial charge in [0.25, 0.3) is 0 Å². The summed E-state index contributed by atoms with van der Waals surface area (Å²) in [5, 5.41) is 3.33. The van der Waals surface area contributed by atoms with Crippen molar-refractivity contribution in [3.05, 3.63) is 73.1 Å². The average Bonchev–Trinajstić information content (AvgIpc) is 3.27. The van der Waals surface area contributed by atoms with Crippen molar-refractivity contribution in [1.82, 2.24) is 15.2 Å². The van der Waals surface area contributed by atoms with E-state index in [1.807, 2.05) is 75.9 Å². The molecule has 2 rings (SSSR count). The van der Waals surface area contributed by atoms with Gasteiger partial charge in [0.15, 0.2) is 0 Å². The molecule has 1 saturated heterocycles. The van der Waals surface area contributed by atoms with Gasteiger partial charge in [0.2, 0.25) is 5.91 Å². The number of aromatic nitrogens is 1. The van der Waals surface area contributed by atoms with Crippen LogP contribution in [-0.2, 0) is 4.79 Å². The number of allylic oxidation sites excluding steroid dienone is 3. The summed E-state index contributed by atoms with van der Waals surface area (Å²) in [6, 6.07) is 5.35. The van der Waals surface area contributed by atoms with Gasteiger partial charge in [-0.2, -0.15) is 0 Å². The predicted molar refractivity (Wildman–Crippen MR) is 155 cm³/mol. The van der Waals surface area contributed by atoms with Crippen LogP contribution in [0.15, 0.2) is 78.1 Å². The van der Waals surface area contributed by atoms with Crippen molar-refractivity contribution in [3.63, 3.8) is 0 Å². The van der Waals surface area contributed by atoms with Gasteiger partial charge in [-0.15, -0.1) is 0 Å². The Kier molecular flexibility index (Phi) is 22.3. The van der Waals surface area contributed by atoms with Crippen LogP contribution in [0.4, 0.5) is 5.82 Å². The number of nitrogens with one attached hydrogen (secondary N) is 1. The molecule has 0 saturated carbocycles. The molecule has 196 valence electrons. The fourth-order valence-corrected chi connectivity index (χ4v) is 2.95. The van der Waals surface area contributed by atoms with Gasteiger partial charge in [-0.1, -0.05) is 91.5 Å². The standard InChI is InChI=1S/C22H29N5O.C3H8.2C2H6/c1-5-7-10-19(6-2)16-26(17-23-4)18(3)15-25-20-12-14-27(22(20)28)21-11-8-9-13-24-21;1-3-2;2*1-2/h5-11,13,17,20,25H,1,3,12,14-16H2,2,4H3;3H2,1-2H3;2*1-2H3/b10-7-,19-6+,23-17?;;;/t20-;;;/m0.../s1. The summed E-state index contributed by atoms with van der Waals surface area (Å²) < 4.78 is 0. The third-order valence-electron chi connectivity index (χ3n) is 4.51. The molecule has 35 heavy (non-hydrogen) atoms. The highest BCUT2D eigenvalue weighted by atomic mass is 16.2. The van der Waals surface area contributed by atoms with Gasteiger partial charge >= 0.3 is 0 Å². The lowest BCUT2D eigenvalue weighted by molar-refractivity contribution is -0.118. The molecule has 1 aliphatic heterocycles. The zero-order valence-electron chi connectivity index (χ0n) is 23.4. The van der Waals surface area contributed by atoms with E-state index >= 15 is 0 Å². The van der Waals surface area contributed by atoms with E-state index in [-0.39, 0.29) is 11.9 Å². The second-order valence-corrected chi connectivity index (χ2v) is 7.13. The average molecular weight is 484 g/mol. The van der Waals surface area contributed by atoms with E-state index in [1.54, 1.807) is 30.6 Å². The fraction of sp³-hybridized carbons (Fsp3) is 0.483. The zero-order valence-corrected chi connectivity index (χ0v) is 23.4. The van der Waals surface area contributed by atoms with Crippen LogP contribution in [0.5, 0.6) is 0 Å². The summed E-state index contributed by atoms with van der Waals surface area (Å²) in [5.41, 5.74) is 1.97. The van der Waals surface area contributed by atoms with Gasteiger partial charge in [0.05, 0.1) is 12.4 Å². The van der Waals surface area contributed by atoms with E-state index in [4.69, 9.17) is 0 Å². The molecule has 1 aromatic heterocycles. The normalized spacial score (nSPS) is 15.0. The Bertz CT molecular complexity index is 784. The summed E-state index contributed by atoms with van der Waals surface area (Å²) >= 11 is 0. The smallest absolute Gasteiger partial charge is 0.245 e. The maximum absolute atomic E-state index is 12.7. The molecular weight excluding hydrogens is 434 g/mol. The Morgan fingerprint density at radius 3 is 2.46 bits per heavy atom. The first-order valence-corrected chi connectivity index (χ1v) is 12.8. The maximum Gasteiger partial charge on any atom is 0.245 e. The van der Waals surface area contributed by atoms with E-state index in [9.17, 15) is 4.79 Å². The molecule has 6 nitrogen and oxygen atoms in total. The number of pyridine rings is 1. The molecule has 0 unspecified atom stereocenters. The molecule has 0 spiro atoms. The van der Waals surface area contributed by atoms with Crippen LogP contribution in [0.3, 0.4) is 0 Å². The van der Waals surface area contributed by atoms with Crippen molar-refractivity contribution in [2.45, 2.75) is 67.3 Å². The minimum absolute atomic E-state index is 0.0465. The van der Waals surface area contributed by atoms with Crippen molar-refractivity contribution >= 4 is 18.1 Å². The second kappa shape index (κ2) is 22.8. The van der Waals surface area contributed by atoms with Crippen LogP contribution in [0.1, 0.15) is 61.3 Å². The number of amides is 1. The molecule has 2 heterocycles. The van der Waals surface area contributed by atoms with Crippen LogP contribution in [0.2, 0.25) is 0 Å². The van der Waals surface area contributed by atoms with Crippen molar-refractivity contribution in [2.24, 2.45) is 4.99 Å². The molecule has 6 heteroatoms. The van der Waals surface area contributed by atoms with Gasteiger partial charge in [-0.25, -0.2) is 4.98 Å². The third kappa shape index (κ3) is 13.5. The molecule has 0 aliphatic carbocycles. The molecule has 1 aromatic rings. The molecule has 1 N–H and O–H groups in total. The predicted octanol–water partition coefficient (Wildman–Crippen LogP) is 6.41. The van der Waals surface area contributed by atoms with E-state index in [2.05, 4.69) is 42.3 Å². The number of rotatable bonds is 10. The Morgan fingerprint density at radius 1 is 1.29 bits per heavy atom. The first-order chi connectivity index (χ1) is 17.0. The molecule has 1 fully saturated rings. The number of nitrogens with zero attached hydrogens (tertiary/aromatic N) is 4. The molecule has 1 aliphatic rings. The highest BCUT2D eigenvalue weighted by Gasteiger charge is 2.32. The van der Waals surface area contributed by atoms with E-state index in [1.165, 1.54) is 6.42 Å². The minimum atomic E-state index is -0.235. The topological polar surface area (TPSA) is 60.8 Å². The van der Waals surface area contributed by atoms with Crippen LogP contribution in [0.25, 0.3) is 0 Å². The first-order valence-electron chi connectivity index (χ1n) is 12.8. The van der Waals surface area contributed by atoms with Crippen LogP contribution in [0, 0.1) is 0 Å². The van der Waals surface area contributed by atoms with E-state index < -0.39 is 0 Å². The highest BCUT2D eigenvalue weighted by molar-refractivity contribution is 5.98. The van der Waals surface area contributed by atoms with E-state index in [0.29, 0.717) is 25.5 Å². The SMILES string of the molecule is C=C/C=C\C(=C/C)CN(C=NC)C(=C)CN[C@H]1CCN(c2ccccn2)C1=O.CC.CC.CCC. The lowest BCUT2D eigenvalue weighted by Gasteiger charge is -2.24. The Labute approximate surface area is 215 Å². The largest absolute Gasteiger partial charge is 0.331 e. The van der Waals surface area contributed by atoms with Crippen LogP contribution in [-0.4, -0.2) is 54.9 Å². The quantitative estimate of drug-likeness (QED) is 0.237. The number of carbonyl (C=O) groups is 1. The van der Waals surface area contributed by atoms with E-state index in [0.717, 1.165) is 17.7 Å². The number of carbonyl (C=O) groups excluding carboxylic acids is 1. The van der Waals surface area contributed by atoms with Crippen molar-refractivity contribution in [2.75, 3.05) is 31.6 Å². The molecule has 1 atom stereocenters. The molecule has 0 radical (unpaired) electrons. The van der Waals surface area contributed by atoms with Gasteiger partial charge in [-0.3, -0.25) is 14.7 Å². The Hall–Kier alpha value is -2.99. The van der Waals surface area contributed by atoms with Gasteiger partial charge in [-0.05, 0) is 31.1 Å². The lowest BCUT2D eigenvalue weighted by atomic mass is 10.2. The van der Waals surface area contributed by atoms with Crippen LogP contribution >= 0.6 is 0 Å².